The summed E-state index contributed by atoms with van der Waals surface area (Å²) in [5, 5.41) is 3.71. The lowest BCUT2D eigenvalue weighted by Gasteiger charge is -2.16. The highest BCUT2D eigenvalue weighted by Gasteiger charge is 2.18. The van der Waals surface area contributed by atoms with Gasteiger partial charge < -0.3 is 5.32 Å². The molecule has 0 bridgehead atoms. The monoisotopic (exact) mass is 343 g/mol. The van der Waals surface area contributed by atoms with Gasteiger partial charge in [-0.2, -0.15) is 0 Å². The molecule has 2 atom stereocenters. The van der Waals surface area contributed by atoms with Crippen LogP contribution in [0, 0.1) is 5.92 Å². The van der Waals surface area contributed by atoms with Crippen LogP contribution >= 0.6 is 27.5 Å². The molecule has 19 heavy (non-hydrogen) atoms. The van der Waals surface area contributed by atoms with Gasteiger partial charge in [0.1, 0.15) is 0 Å². The molecule has 0 spiro atoms. The Morgan fingerprint density at radius 1 is 1.26 bits per heavy atom. The highest BCUT2D eigenvalue weighted by atomic mass is 79.9. The molecule has 1 saturated carbocycles. The maximum absolute atomic E-state index is 12.2. The van der Waals surface area contributed by atoms with Crippen molar-refractivity contribution in [2.75, 3.05) is 0 Å². The topological polar surface area (TPSA) is 29.1 Å². The molecule has 1 amide bonds. The van der Waals surface area contributed by atoms with Crippen LogP contribution in [0.1, 0.15) is 49.4 Å². The minimum absolute atomic E-state index is 0.0252. The Kier molecular flexibility index (Phi) is 5.28. The SMILES string of the molecule is CC1CCCC(NC(=O)c2cc(Cl)cc(Br)c2)CC1. The number of rotatable bonds is 2. The third-order valence-electron chi connectivity index (χ3n) is 3.72. The van der Waals surface area contributed by atoms with Crippen molar-refractivity contribution in [3.8, 4) is 0 Å². The molecule has 1 aromatic carbocycles. The van der Waals surface area contributed by atoms with Crippen molar-refractivity contribution in [3.05, 3.63) is 33.3 Å². The fourth-order valence-electron chi connectivity index (χ4n) is 2.59. The van der Waals surface area contributed by atoms with E-state index in [9.17, 15) is 4.79 Å². The summed E-state index contributed by atoms with van der Waals surface area (Å²) in [6, 6.07) is 5.60. The van der Waals surface area contributed by atoms with Crippen LogP contribution in [-0.2, 0) is 0 Å². The predicted octanol–water partition coefficient (Wildman–Crippen LogP) is 4.80. The van der Waals surface area contributed by atoms with Gasteiger partial charge in [0.25, 0.3) is 5.91 Å². The second-order valence-corrected chi connectivity index (χ2v) is 6.79. The molecule has 2 nitrogen and oxygen atoms in total. The van der Waals surface area contributed by atoms with E-state index >= 15 is 0 Å². The van der Waals surface area contributed by atoms with Crippen molar-refractivity contribution in [1.82, 2.24) is 5.32 Å². The van der Waals surface area contributed by atoms with E-state index in [1.165, 1.54) is 19.3 Å². The summed E-state index contributed by atoms with van der Waals surface area (Å²) < 4.78 is 0.833. The quantitative estimate of drug-likeness (QED) is 0.767. The first-order valence-electron chi connectivity index (χ1n) is 6.81. The molecule has 0 aliphatic heterocycles. The Labute approximate surface area is 128 Å². The summed E-state index contributed by atoms with van der Waals surface area (Å²) in [6.45, 7) is 2.29. The van der Waals surface area contributed by atoms with Gasteiger partial charge in [-0.15, -0.1) is 0 Å². The molecule has 0 heterocycles. The highest BCUT2D eigenvalue weighted by Crippen LogP contribution is 2.24. The Morgan fingerprint density at radius 2 is 2.05 bits per heavy atom. The van der Waals surface area contributed by atoms with Gasteiger partial charge in [-0.3, -0.25) is 4.79 Å². The van der Waals surface area contributed by atoms with Crippen LogP contribution in [0.2, 0.25) is 5.02 Å². The Hall–Kier alpha value is -0.540. The molecule has 1 aromatic rings. The van der Waals surface area contributed by atoms with Gasteiger partial charge in [-0.05, 0) is 43.4 Å². The lowest BCUT2D eigenvalue weighted by Crippen LogP contribution is -2.34. The van der Waals surface area contributed by atoms with E-state index in [-0.39, 0.29) is 5.91 Å². The fourth-order valence-corrected chi connectivity index (χ4v) is 3.45. The van der Waals surface area contributed by atoms with E-state index in [4.69, 9.17) is 11.6 Å². The van der Waals surface area contributed by atoms with Gasteiger partial charge in [-0.1, -0.05) is 47.3 Å². The summed E-state index contributed by atoms with van der Waals surface area (Å²) in [5.41, 5.74) is 0.622. The van der Waals surface area contributed by atoms with Crippen LogP contribution in [0.25, 0.3) is 0 Å². The lowest BCUT2D eigenvalue weighted by molar-refractivity contribution is 0.0933. The summed E-state index contributed by atoms with van der Waals surface area (Å²) >= 11 is 9.33. The first-order chi connectivity index (χ1) is 9.04. The number of amides is 1. The minimum atomic E-state index is -0.0252. The van der Waals surface area contributed by atoms with Gasteiger partial charge in [0.15, 0.2) is 0 Å². The third kappa shape index (κ3) is 4.50. The second kappa shape index (κ2) is 6.76. The average molecular weight is 345 g/mol. The number of hydrogen-bond donors (Lipinski definition) is 1. The van der Waals surface area contributed by atoms with E-state index < -0.39 is 0 Å². The molecular weight excluding hydrogens is 326 g/mol. The normalized spacial score (nSPS) is 23.7. The molecule has 104 valence electrons. The molecule has 4 heteroatoms. The van der Waals surface area contributed by atoms with E-state index in [1.54, 1.807) is 18.2 Å². The molecule has 0 radical (unpaired) electrons. The van der Waals surface area contributed by atoms with Crippen LogP contribution in [0.3, 0.4) is 0 Å². The number of hydrogen-bond acceptors (Lipinski definition) is 1. The van der Waals surface area contributed by atoms with Crippen LogP contribution in [0.15, 0.2) is 22.7 Å². The molecular formula is C15H19BrClNO. The molecule has 1 N–H and O–H groups in total. The zero-order chi connectivity index (χ0) is 13.8. The predicted molar refractivity (Wildman–Crippen MR) is 82.7 cm³/mol. The first kappa shape index (κ1) is 14.9. The number of halogens is 2. The van der Waals surface area contributed by atoms with Crippen molar-refractivity contribution >= 4 is 33.4 Å². The van der Waals surface area contributed by atoms with Gasteiger partial charge >= 0.3 is 0 Å². The molecule has 0 aromatic heterocycles. The second-order valence-electron chi connectivity index (χ2n) is 5.44. The van der Waals surface area contributed by atoms with Crippen molar-refractivity contribution in [3.63, 3.8) is 0 Å². The molecule has 1 aliphatic carbocycles. The molecule has 2 unspecified atom stereocenters. The molecule has 1 fully saturated rings. The van der Waals surface area contributed by atoms with Gasteiger partial charge in [-0.25, -0.2) is 0 Å². The summed E-state index contributed by atoms with van der Waals surface area (Å²) in [4.78, 5) is 12.2. The van der Waals surface area contributed by atoms with E-state index in [0.29, 0.717) is 16.6 Å². The summed E-state index contributed by atoms with van der Waals surface area (Å²) in [5.74, 6) is 0.755. The summed E-state index contributed by atoms with van der Waals surface area (Å²) in [7, 11) is 0. The largest absolute Gasteiger partial charge is 0.349 e. The number of carbonyl (C=O) groups excluding carboxylic acids is 1. The van der Waals surface area contributed by atoms with Crippen LogP contribution in [0.5, 0.6) is 0 Å². The third-order valence-corrected chi connectivity index (χ3v) is 4.39. The lowest BCUT2D eigenvalue weighted by atomic mass is 10.0. The zero-order valence-electron chi connectivity index (χ0n) is 11.1. The van der Waals surface area contributed by atoms with E-state index in [0.717, 1.165) is 23.2 Å². The van der Waals surface area contributed by atoms with E-state index in [2.05, 4.69) is 28.2 Å². The van der Waals surface area contributed by atoms with Crippen molar-refractivity contribution in [2.45, 2.75) is 45.1 Å². The number of carbonyl (C=O) groups is 1. The van der Waals surface area contributed by atoms with E-state index in [1.807, 2.05) is 0 Å². The summed E-state index contributed by atoms with van der Waals surface area (Å²) in [6.07, 6.45) is 5.83. The zero-order valence-corrected chi connectivity index (χ0v) is 13.4. The van der Waals surface area contributed by atoms with Gasteiger partial charge in [0.05, 0.1) is 0 Å². The molecule has 2 rings (SSSR count). The number of nitrogens with one attached hydrogen (secondary N) is 1. The Balaban J connectivity index is 2.00. The van der Waals surface area contributed by atoms with Crippen LogP contribution in [0.4, 0.5) is 0 Å². The Bertz CT molecular complexity index is 443. The fraction of sp³-hybridized carbons (Fsp3) is 0.533. The van der Waals surface area contributed by atoms with Crippen molar-refractivity contribution < 1.29 is 4.79 Å². The number of benzene rings is 1. The maximum atomic E-state index is 12.2. The molecule has 0 saturated heterocycles. The Morgan fingerprint density at radius 3 is 2.79 bits per heavy atom. The van der Waals surface area contributed by atoms with Crippen LogP contribution < -0.4 is 5.32 Å². The van der Waals surface area contributed by atoms with Gasteiger partial charge in [0, 0.05) is 21.1 Å². The van der Waals surface area contributed by atoms with Crippen molar-refractivity contribution in [2.24, 2.45) is 5.92 Å². The van der Waals surface area contributed by atoms with Crippen molar-refractivity contribution in [1.29, 1.82) is 0 Å². The average Bonchev–Trinajstić information content (AvgIpc) is 2.53. The first-order valence-corrected chi connectivity index (χ1v) is 7.98. The standard InChI is InChI=1S/C15H19BrClNO/c1-10-3-2-4-14(6-5-10)18-15(19)11-7-12(16)9-13(17)8-11/h7-10,14H,2-6H2,1H3,(H,18,19). The smallest absolute Gasteiger partial charge is 0.251 e. The van der Waals surface area contributed by atoms with Crippen LogP contribution in [-0.4, -0.2) is 11.9 Å². The maximum Gasteiger partial charge on any atom is 0.251 e. The highest BCUT2D eigenvalue weighted by molar-refractivity contribution is 9.10. The minimum Gasteiger partial charge on any atom is -0.349 e. The van der Waals surface area contributed by atoms with Gasteiger partial charge in [0.2, 0.25) is 0 Å². The molecule has 1 aliphatic rings.